The molecule has 13 heavy (non-hydrogen) atoms. The molecule has 1 heterocycles. The SMILES string of the molecule is NC(CO)C/C=C/c1cccnc1. The molecule has 0 saturated heterocycles. The van der Waals surface area contributed by atoms with E-state index >= 15 is 0 Å². The van der Waals surface area contributed by atoms with Crippen molar-refractivity contribution in [2.45, 2.75) is 12.5 Å². The molecule has 0 amide bonds. The van der Waals surface area contributed by atoms with E-state index in [1.165, 1.54) is 0 Å². The predicted octanol–water partition coefficient (Wildman–Crippen LogP) is 0.804. The Morgan fingerprint density at radius 3 is 3.08 bits per heavy atom. The Morgan fingerprint density at radius 2 is 2.46 bits per heavy atom. The lowest BCUT2D eigenvalue weighted by Gasteiger charge is -2.01. The van der Waals surface area contributed by atoms with Crippen LogP contribution in [0.4, 0.5) is 0 Å². The van der Waals surface area contributed by atoms with Gasteiger partial charge in [0.1, 0.15) is 0 Å². The second-order valence-electron chi connectivity index (χ2n) is 2.87. The van der Waals surface area contributed by atoms with Crippen molar-refractivity contribution in [3.8, 4) is 0 Å². The lowest BCUT2D eigenvalue weighted by Crippen LogP contribution is -2.22. The average molecular weight is 178 g/mol. The zero-order valence-corrected chi connectivity index (χ0v) is 7.43. The second-order valence-corrected chi connectivity index (χ2v) is 2.87. The van der Waals surface area contributed by atoms with Gasteiger partial charge in [-0.1, -0.05) is 18.2 Å². The Labute approximate surface area is 77.9 Å². The van der Waals surface area contributed by atoms with Gasteiger partial charge < -0.3 is 10.8 Å². The minimum atomic E-state index is -0.159. The van der Waals surface area contributed by atoms with Gasteiger partial charge in [0, 0.05) is 18.4 Å². The average Bonchev–Trinajstić information content (AvgIpc) is 2.19. The first-order chi connectivity index (χ1) is 6.33. The van der Waals surface area contributed by atoms with Crippen molar-refractivity contribution in [3.63, 3.8) is 0 Å². The van der Waals surface area contributed by atoms with Crippen molar-refractivity contribution in [2.24, 2.45) is 5.73 Å². The van der Waals surface area contributed by atoms with Crippen LogP contribution in [-0.4, -0.2) is 22.7 Å². The van der Waals surface area contributed by atoms with Crippen LogP contribution in [0.1, 0.15) is 12.0 Å². The van der Waals surface area contributed by atoms with Gasteiger partial charge >= 0.3 is 0 Å². The zero-order valence-electron chi connectivity index (χ0n) is 7.43. The van der Waals surface area contributed by atoms with Crippen LogP contribution in [0.5, 0.6) is 0 Å². The molecule has 3 heteroatoms. The van der Waals surface area contributed by atoms with E-state index in [1.54, 1.807) is 12.4 Å². The van der Waals surface area contributed by atoms with Crippen LogP contribution in [0.15, 0.2) is 30.6 Å². The summed E-state index contributed by atoms with van der Waals surface area (Å²) in [4.78, 5) is 3.97. The van der Waals surface area contributed by atoms with Crippen LogP contribution in [0.25, 0.3) is 6.08 Å². The summed E-state index contributed by atoms with van der Waals surface area (Å²) in [6, 6.07) is 3.69. The van der Waals surface area contributed by atoms with E-state index in [9.17, 15) is 0 Å². The molecule has 0 aliphatic rings. The number of nitrogens with two attached hydrogens (primary N) is 1. The monoisotopic (exact) mass is 178 g/mol. The molecule has 0 fully saturated rings. The van der Waals surface area contributed by atoms with Gasteiger partial charge in [-0.05, 0) is 18.1 Å². The van der Waals surface area contributed by atoms with Gasteiger partial charge in [0.15, 0.2) is 0 Å². The Morgan fingerprint density at radius 1 is 1.62 bits per heavy atom. The Bertz CT molecular complexity index is 259. The van der Waals surface area contributed by atoms with Gasteiger partial charge in [-0.25, -0.2) is 0 Å². The zero-order chi connectivity index (χ0) is 9.52. The molecule has 3 nitrogen and oxygen atoms in total. The maximum atomic E-state index is 8.66. The van der Waals surface area contributed by atoms with Gasteiger partial charge in [-0.15, -0.1) is 0 Å². The molecule has 0 aliphatic heterocycles. The molecule has 0 radical (unpaired) electrons. The Kier molecular flexibility index (Phi) is 4.15. The number of hydrogen-bond acceptors (Lipinski definition) is 3. The summed E-state index contributed by atoms with van der Waals surface area (Å²) in [5, 5.41) is 8.66. The summed E-state index contributed by atoms with van der Waals surface area (Å²) < 4.78 is 0. The highest BCUT2D eigenvalue weighted by molar-refractivity contribution is 5.47. The molecule has 0 aromatic carbocycles. The highest BCUT2D eigenvalue weighted by Crippen LogP contribution is 2.00. The minimum absolute atomic E-state index is 0.0252. The highest BCUT2D eigenvalue weighted by atomic mass is 16.3. The molecule has 70 valence electrons. The Hall–Kier alpha value is -1.19. The first-order valence-electron chi connectivity index (χ1n) is 4.26. The third kappa shape index (κ3) is 3.83. The molecule has 1 rings (SSSR count). The fourth-order valence-corrected chi connectivity index (χ4v) is 0.928. The van der Waals surface area contributed by atoms with Gasteiger partial charge in [0.05, 0.1) is 6.61 Å². The van der Waals surface area contributed by atoms with E-state index in [0.29, 0.717) is 6.42 Å². The van der Waals surface area contributed by atoms with Crippen LogP contribution in [-0.2, 0) is 0 Å². The summed E-state index contributed by atoms with van der Waals surface area (Å²) in [5.41, 5.74) is 6.57. The molecule has 0 spiro atoms. The molecule has 1 atom stereocenters. The number of aliphatic hydroxyl groups excluding tert-OH is 1. The maximum absolute atomic E-state index is 8.66. The first kappa shape index (κ1) is 9.89. The lowest BCUT2D eigenvalue weighted by molar-refractivity contribution is 0.267. The number of aromatic nitrogens is 1. The van der Waals surface area contributed by atoms with Crippen LogP contribution >= 0.6 is 0 Å². The summed E-state index contributed by atoms with van der Waals surface area (Å²) in [5.74, 6) is 0. The Balaban J connectivity index is 2.41. The van der Waals surface area contributed by atoms with Crippen molar-refractivity contribution in [2.75, 3.05) is 6.61 Å². The molecule has 0 saturated carbocycles. The smallest absolute Gasteiger partial charge is 0.0585 e. The summed E-state index contributed by atoms with van der Waals surface area (Å²) in [7, 11) is 0. The number of pyridine rings is 1. The summed E-state index contributed by atoms with van der Waals surface area (Å²) in [6.07, 6.45) is 8.09. The quantitative estimate of drug-likeness (QED) is 0.717. The molecule has 1 unspecified atom stereocenters. The third-order valence-electron chi connectivity index (χ3n) is 1.67. The van der Waals surface area contributed by atoms with Crippen LogP contribution < -0.4 is 5.73 Å². The second kappa shape index (κ2) is 5.45. The lowest BCUT2D eigenvalue weighted by atomic mass is 10.2. The van der Waals surface area contributed by atoms with E-state index in [0.717, 1.165) is 5.56 Å². The van der Waals surface area contributed by atoms with E-state index < -0.39 is 0 Å². The molecule has 0 aliphatic carbocycles. The van der Waals surface area contributed by atoms with E-state index in [4.69, 9.17) is 10.8 Å². The topological polar surface area (TPSA) is 59.1 Å². The fraction of sp³-hybridized carbons (Fsp3) is 0.300. The van der Waals surface area contributed by atoms with Crippen LogP contribution in [0.3, 0.4) is 0 Å². The fourth-order valence-electron chi connectivity index (χ4n) is 0.928. The number of hydrogen-bond donors (Lipinski definition) is 2. The summed E-state index contributed by atoms with van der Waals surface area (Å²) >= 11 is 0. The van der Waals surface area contributed by atoms with Crippen molar-refractivity contribution in [3.05, 3.63) is 36.2 Å². The van der Waals surface area contributed by atoms with Crippen molar-refractivity contribution < 1.29 is 5.11 Å². The third-order valence-corrected chi connectivity index (χ3v) is 1.67. The number of rotatable bonds is 4. The van der Waals surface area contributed by atoms with Crippen LogP contribution in [0.2, 0.25) is 0 Å². The van der Waals surface area contributed by atoms with Gasteiger partial charge in [-0.3, -0.25) is 4.98 Å². The normalized spacial score (nSPS) is 13.4. The van der Waals surface area contributed by atoms with Crippen molar-refractivity contribution >= 4 is 6.08 Å². The number of aliphatic hydroxyl groups is 1. The molecular formula is C10H14N2O. The molecular weight excluding hydrogens is 164 g/mol. The number of nitrogens with zero attached hydrogens (tertiary/aromatic N) is 1. The van der Waals surface area contributed by atoms with Crippen LogP contribution in [0, 0.1) is 0 Å². The van der Waals surface area contributed by atoms with Crippen molar-refractivity contribution in [1.82, 2.24) is 4.98 Å². The first-order valence-corrected chi connectivity index (χ1v) is 4.26. The minimum Gasteiger partial charge on any atom is -0.395 e. The molecule has 1 aromatic rings. The van der Waals surface area contributed by atoms with E-state index in [1.807, 2.05) is 24.3 Å². The highest BCUT2D eigenvalue weighted by Gasteiger charge is 1.94. The molecule has 1 aromatic heterocycles. The van der Waals surface area contributed by atoms with E-state index in [-0.39, 0.29) is 12.6 Å². The standard InChI is InChI=1S/C10H14N2O/c11-10(8-13)5-1-3-9-4-2-6-12-7-9/h1-4,6-7,10,13H,5,8,11H2/b3-1+. The van der Waals surface area contributed by atoms with Gasteiger partial charge in [0.2, 0.25) is 0 Å². The molecule has 0 bridgehead atoms. The summed E-state index contributed by atoms with van der Waals surface area (Å²) in [6.45, 7) is 0.0252. The van der Waals surface area contributed by atoms with E-state index in [2.05, 4.69) is 4.98 Å². The molecule has 3 N–H and O–H groups in total. The predicted molar refractivity (Wildman–Crippen MR) is 52.9 cm³/mol. The van der Waals surface area contributed by atoms with Gasteiger partial charge in [-0.2, -0.15) is 0 Å². The van der Waals surface area contributed by atoms with Crippen molar-refractivity contribution in [1.29, 1.82) is 0 Å². The van der Waals surface area contributed by atoms with Gasteiger partial charge in [0.25, 0.3) is 0 Å². The maximum Gasteiger partial charge on any atom is 0.0585 e. The largest absolute Gasteiger partial charge is 0.395 e.